The molecule has 2 amide bonds. The van der Waals surface area contributed by atoms with Crippen molar-refractivity contribution >= 4 is 72.8 Å². The number of thiazole rings is 1. The molecule has 5 rings (SSSR count). The third-order valence-corrected chi connectivity index (χ3v) is 7.64. The molecule has 2 N–H and O–H groups in total. The largest absolute Gasteiger partial charge is 0.350 e. The van der Waals surface area contributed by atoms with E-state index in [0.29, 0.717) is 28.8 Å². The lowest BCUT2D eigenvalue weighted by Crippen LogP contribution is -2.27. The molecule has 0 fully saturated rings. The summed E-state index contributed by atoms with van der Waals surface area (Å²) in [5, 5.41) is 8.14. The Morgan fingerprint density at radius 1 is 1.00 bits per heavy atom. The maximum absolute atomic E-state index is 12.6. The molecule has 2 heterocycles. The van der Waals surface area contributed by atoms with Gasteiger partial charge >= 0.3 is 0 Å². The highest BCUT2D eigenvalue weighted by Gasteiger charge is 2.13. The van der Waals surface area contributed by atoms with Crippen LogP contribution >= 0.6 is 34.7 Å². The van der Waals surface area contributed by atoms with E-state index < -0.39 is 0 Å². The van der Waals surface area contributed by atoms with Crippen molar-refractivity contribution < 1.29 is 9.59 Å². The summed E-state index contributed by atoms with van der Waals surface area (Å²) in [5.74, 6) is 0.0393. The van der Waals surface area contributed by atoms with Gasteiger partial charge in [0.15, 0.2) is 5.13 Å². The Labute approximate surface area is 215 Å². The number of nitrogens with one attached hydrogen (secondary N) is 2. The van der Waals surface area contributed by atoms with Crippen LogP contribution in [0, 0.1) is 0 Å². The fourth-order valence-electron chi connectivity index (χ4n) is 3.73. The second-order valence-corrected chi connectivity index (χ2v) is 10.3. The molecule has 0 saturated heterocycles. The molecule has 0 aliphatic rings. The van der Waals surface area contributed by atoms with E-state index in [0.717, 1.165) is 26.0 Å². The predicted octanol–water partition coefficient (Wildman–Crippen LogP) is 6.07. The highest BCUT2D eigenvalue weighted by Crippen LogP contribution is 2.31. The van der Waals surface area contributed by atoms with Crippen molar-refractivity contribution in [2.45, 2.75) is 11.4 Å². The number of carbonyl (C=O) groups excluding carboxylic acids is 2. The van der Waals surface area contributed by atoms with Crippen LogP contribution in [0.25, 0.3) is 21.1 Å². The van der Waals surface area contributed by atoms with Crippen LogP contribution in [0.4, 0.5) is 5.13 Å². The van der Waals surface area contributed by atoms with Crippen LogP contribution < -0.4 is 10.6 Å². The molecule has 35 heavy (non-hydrogen) atoms. The number of carbonyl (C=O) groups is 2. The van der Waals surface area contributed by atoms with Crippen LogP contribution in [0.15, 0.2) is 83.9 Å². The lowest BCUT2D eigenvalue weighted by Gasteiger charge is -2.08. The average Bonchev–Trinajstić information content (AvgIpc) is 3.44. The third-order valence-electron chi connectivity index (χ3n) is 5.40. The molecule has 5 aromatic rings. The molecule has 0 aliphatic heterocycles. The lowest BCUT2D eigenvalue weighted by molar-refractivity contribution is -0.113. The highest BCUT2D eigenvalue weighted by molar-refractivity contribution is 8.00. The Bertz CT molecular complexity index is 1480. The van der Waals surface area contributed by atoms with Crippen molar-refractivity contribution in [3.05, 3.63) is 89.6 Å². The molecular formula is C26H21ClN4O2S2. The summed E-state index contributed by atoms with van der Waals surface area (Å²) in [6, 6.07) is 22.7. The number of benzene rings is 3. The van der Waals surface area contributed by atoms with E-state index >= 15 is 0 Å². The minimum absolute atomic E-state index is 0.0962. The van der Waals surface area contributed by atoms with Gasteiger partial charge in [-0.2, -0.15) is 0 Å². The van der Waals surface area contributed by atoms with E-state index in [-0.39, 0.29) is 17.6 Å². The number of amides is 2. The van der Waals surface area contributed by atoms with Crippen molar-refractivity contribution in [1.82, 2.24) is 14.9 Å². The van der Waals surface area contributed by atoms with Crippen LogP contribution in [0.2, 0.25) is 5.02 Å². The van der Waals surface area contributed by atoms with Gasteiger partial charge in [0.2, 0.25) is 5.91 Å². The molecule has 0 atom stereocenters. The zero-order valence-corrected chi connectivity index (χ0v) is 20.9. The monoisotopic (exact) mass is 520 g/mol. The molecular weight excluding hydrogens is 500 g/mol. The van der Waals surface area contributed by atoms with Crippen LogP contribution in [-0.2, 0) is 11.3 Å². The molecule has 2 aromatic heterocycles. The van der Waals surface area contributed by atoms with Gasteiger partial charge in [-0.25, -0.2) is 4.98 Å². The Hall–Kier alpha value is -3.33. The zero-order valence-electron chi connectivity index (χ0n) is 18.5. The number of anilines is 1. The van der Waals surface area contributed by atoms with Crippen molar-refractivity contribution in [2.75, 3.05) is 17.6 Å². The number of halogens is 1. The molecule has 0 spiro atoms. The summed E-state index contributed by atoms with van der Waals surface area (Å²) in [4.78, 5) is 30.4. The van der Waals surface area contributed by atoms with Gasteiger partial charge in [0.05, 0.1) is 16.0 Å². The fraction of sp³-hybridized carbons (Fsp3) is 0.115. The Morgan fingerprint density at radius 3 is 2.60 bits per heavy atom. The first-order chi connectivity index (χ1) is 17.1. The number of thioether (sulfide) groups is 1. The van der Waals surface area contributed by atoms with Crippen LogP contribution in [0.5, 0.6) is 0 Å². The molecule has 3 aromatic carbocycles. The Morgan fingerprint density at radius 2 is 1.77 bits per heavy atom. The molecule has 0 bridgehead atoms. The first-order valence-electron chi connectivity index (χ1n) is 11.0. The van der Waals surface area contributed by atoms with Crippen molar-refractivity contribution in [1.29, 1.82) is 0 Å². The first-order valence-corrected chi connectivity index (χ1v) is 13.1. The van der Waals surface area contributed by atoms with E-state index in [4.69, 9.17) is 11.6 Å². The molecule has 0 unspecified atom stereocenters. The fourth-order valence-corrected chi connectivity index (χ4v) is 5.63. The summed E-state index contributed by atoms with van der Waals surface area (Å²) < 4.78 is 3.15. The molecule has 0 saturated carbocycles. The maximum atomic E-state index is 12.6. The summed E-state index contributed by atoms with van der Waals surface area (Å²) in [6.45, 7) is 1.08. The topological polar surface area (TPSA) is 76.0 Å². The third kappa shape index (κ3) is 5.51. The van der Waals surface area contributed by atoms with Gasteiger partial charge in [0.25, 0.3) is 5.91 Å². The Kier molecular flexibility index (Phi) is 7.03. The smallest absolute Gasteiger partial charge is 0.251 e. The quantitative estimate of drug-likeness (QED) is 0.244. The summed E-state index contributed by atoms with van der Waals surface area (Å²) >= 11 is 8.85. The summed E-state index contributed by atoms with van der Waals surface area (Å²) in [6.07, 6.45) is 2.04. The minimum atomic E-state index is -0.140. The normalized spacial score (nSPS) is 11.1. The average molecular weight is 521 g/mol. The number of nitrogens with zero attached hydrogens (tertiary/aromatic N) is 2. The second kappa shape index (κ2) is 10.5. The lowest BCUT2D eigenvalue weighted by atomic mass is 10.2. The highest BCUT2D eigenvalue weighted by atomic mass is 35.5. The first kappa shape index (κ1) is 23.4. The minimum Gasteiger partial charge on any atom is -0.350 e. The molecule has 0 aliphatic carbocycles. The van der Waals surface area contributed by atoms with Gasteiger partial charge in [-0.3, -0.25) is 9.59 Å². The van der Waals surface area contributed by atoms with Crippen molar-refractivity contribution in [2.24, 2.45) is 0 Å². The number of hydrogen-bond acceptors (Lipinski definition) is 5. The zero-order chi connectivity index (χ0) is 24.2. The number of para-hydroxylation sites is 2. The maximum Gasteiger partial charge on any atom is 0.251 e. The number of rotatable bonds is 8. The van der Waals surface area contributed by atoms with Gasteiger partial charge in [-0.05, 0) is 42.5 Å². The Balaban J connectivity index is 1.21. The van der Waals surface area contributed by atoms with Gasteiger partial charge in [0, 0.05) is 45.7 Å². The SMILES string of the molecule is O=C(CSc1cn(CCNC(=O)c2ccc(Cl)cc2)c2ccccc12)Nc1nc2ccccc2s1. The number of hydrogen-bond donors (Lipinski definition) is 2. The number of aromatic nitrogens is 2. The van der Waals surface area contributed by atoms with Crippen LogP contribution in [0.1, 0.15) is 10.4 Å². The van der Waals surface area contributed by atoms with Gasteiger partial charge in [-0.1, -0.05) is 53.3 Å². The van der Waals surface area contributed by atoms with Crippen molar-refractivity contribution in [3.8, 4) is 0 Å². The van der Waals surface area contributed by atoms with E-state index in [1.807, 2.05) is 54.7 Å². The molecule has 6 nitrogen and oxygen atoms in total. The number of fused-ring (bicyclic) bond motifs is 2. The molecule has 176 valence electrons. The standard InChI is InChI=1S/C26H21ClN4O2S2/c27-18-11-9-17(10-12-18)25(33)28-13-14-31-15-23(19-5-1-3-7-21(19)31)34-16-24(32)30-26-29-20-6-2-4-8-22(20)35-26/h1-12,15H,13-14,16H2,(H,28,33)(H,29,30,32). The van der Waals surface area contributed by atoms with E-state index in [2.05, 4.69) is 20.2 Å². The van der Waals surface area contributed by atoms with Crippen LogP contribution in [-0.4, -0.2) is 33.7 Å². The molecule has 9 heteroatoms. The summed E-state index contributed by atoms with van der Waals surface area (Å²) in [5.41, 5.74) is 2.51. The van der Waals surface area contributed by atoms with Gasteiger partial charge < -0.3 is 15.2 Å². The van der Waals surface area contributed by atoms with E-state index in [1.165, 1.54) is 23.1 Å². The van der Waals surface area contributed by atoms with Crippen LogP contribution in [0.3, 0.4) is 0 Å². The van der Waals surface area contributed by atoms with E-state index in [1.54, 1.807) is 24.3 Å². The summed E-state index contributed by atoms with van der Waals surface area (Å²) in [7, 11) is 0. The van der Waals surface area contributed by atoms with Gasteiger partial charge in [0.1, 0.15) is 0 Å². The predicted molar refractivity (Wildman–Crippen MR) is 145 cm³/mol. The van der Waals surface area contributed by atoms with E-state index in [9.17, 15) is 9.59 Å². The molecule has 0 radical (unpaired) electrons. The van der Waals surface area contributed by atoms with Gasteiger partial charge in [-0.15, -0.1) is 11.8 Å². The second-order valence-electron chi connectivity index (χ2n) is 7.79. The van der Waals surface area contributed by atoms with Crippen molar-refractivity contribution in [3.63, 3.8) is 0 Å².